The zero-order valence-electron chi connectivity index (χ0n) is 24.4. The Morgan fingerprint density at radius 3 is 1.69 bits per heavy atom. The summed E-state index contributed by atoms with van der Waals surface area (Å²) in [5, 5.41) is 2.03. The molecule has 0 radical (unpaired) electrons. The van der Waals surface area contributed by atoms with E-state index in [0.717, 1.165) is 55.9 Å². The molecule has 0 N–H and O–H groups in total. The van der Waals surface area contributed by atoms with Gasteiger partial charge in [0.05, 0.1) is 11.0 Å². The maximum Gasteiger partial charge on any atom is 0.326 e. The Bertz CT molecular complexity index is 1810. The number of rotatable bonds is 7. The first kappa shape index (κ1) is 26.8. The maximum atomic E-state index is 5.95. The highest BCUT2D eigenvalue weighted by Crippen LogP contribution is 2.39. The van der Waals surface area contributed by atoms with Gasteiger partial charge in [0.1, 0.15) is 12.1 Å². The minimum absolute atomic E-state index is 0.176. The van der Waals surface area contributed by atoms with Gasteiger partial charge in [-0.15, -0.1) is 0 Å². The Hall–Kier alpha value is -5.38. The molecule has 6 rings (SSSR count). The number of aryl methyl sites for hydroxylation is 2. The molecule has 0 amide bonds. The van der Waals surface area contributed by atoms with Crippen molar-refractivity contribution in [3.63, 3.8) is 0 Å². The highest BCUT2D eigenvalue weighted by molar-refractivity contribution is 5.98. The van der Waals surface area contributed by atoms with Crippen molar-refractivity contribution in [2.45, 2.75) is 13.8 Å². The number of hydrogen-bond acceptors (Lipinski definition) is 10. The Kier molecular flexibility index (Phi) is 6.95. The van der Waals surface area contributed by atoms with Crippen LogP contribution in [0.4, 0.5) is 28.7 Å². The highest BCUT2D eigenvalue weighted by Gasteiger charge is 2.20. The molecule has 10 nitrogen and oxygen atoms in total. The number of fused-ring (bicyclic) bond motifs is 2. The molecule has 0 saturated carbocycles. The smallest absolute Gasteiger partial charge is 0.326 e. The molecule has 42 heavy (non-hydrogen) atoms. The van der Waals surface area contributed by atoms with Gasteiger partial charge in [0.25, 0.3) is 0 Å². The van der Waals surface area contributed by atoms with Crippen LogP contribution in [0.3, 0.4) is 0 Å². The number of nitrogens with zero attached hydrogens (tertiary/aromatic N) is 9. The third-order valence-electron chi connectivity index (χ3n) is 6.87. The van der Waals surface area contributed by atoms with E-state index < -0.39 is 0 Å². The molecule has 0 fully saturated rings. The first-order valence-electron chi connectivity index (χ1n) is 13.5. The molecule has 0 aliphatic heterocycles. The lowest BCUT2D eigenvalue weighted by Gasteiger charge is -2.25. The number of pyridine rings is 3. The Labute approximate surface area is 244 Å². The minimum Gasteiger partial charge on any atom is -0.424 e. The van der Waals surface area contributed by atoms with Crippen LogP contribution < -0.4 is 19.4 Å². The molecule has 0 aliphatic carbocycles. The van der Waals surface area contributed by atoms with Gasteiger partial charge < -0.3 is 14.5 Å². The fourth-order valence-corrected chi connectivity index (χ4v) is 4.99. The zero-order chi connectivity index (χ0) is 29.4. The Balaban J connectivity index is 1.56. The second-order valence-corrected chi connectivity index (χ2v) is 10.4. The molecule has 210 valence electrons. The van der Waals surface area contributed by atoms with E-state index in [1.807, 2.05) is 71.2 Å². The zero-order valence-corrected chi connectivity index (χ0v) is 24.4. The molecule has 0 spiro atoms. The van der Waals surface area contributed by atoms with Crippen LogP contribution in [0.5, 0.6) is 11.8 Å². The van der Waals surface area contributed by atoms with E-state index >= 15 is 0 Å². The molecule has 4 heterocycles. The van der Waals surface area contributed by atoms with Crippen LogP contribution in [0.2, 0.25) is 0 Å². The van der Waals surface area contributed by atoms with Crippen molar-refractivity contribution in [2.24, 2.45) is 0 Å². The van der Waals surface area contributed by atoms with Gasteiger partial charge in [-0.3, -0.25) is 19.9 Å². The molecule has 4 aromatic heterocycles. The van der Waals surface area contributed by atoms with Crippen LogP contribution in [0.1, 0.15) is 11.4 Å². The summed E-state index contributed by atoms with van der Waals surface area (Å²) >= 11 is 0. The van der Waals surface area contributed by atoms with Crippen LogP contribution >= 0.6 is 0 Å². The monoisotopic (exact) mass is 557 g/mol. The van der Waals surface area contributed by atoms with Crippen LogP contribution in [-0.4, -0.2) is 58.1 Å². The highest BCUT2D eigenvalue weighted by atomic mass is 16.5. The van der Waals surface area contributed by atoms with Gasteiger partial charge in [0.15, 0.2) is 0 Å². The maximum absolute atomic E-state index is 5.95. The van der Waals surface area contributed by atoms with E-state index in [0.29, 0.717) is 11.7 Å². The minimum atomic E-state index is 0.176. The van der Waals surface area contributed by atoms with Crippen LogP contribution in [0.25, 0.3) is 21.8 Å². The predicted octanol–water partition coefficient (Wildman–Crippen LogP) is 6.37. The molecule has 0 aliphatic rings. The molecule has 0 saturated heterocycles. The van der Waals surface area contributed by atoms with E-state index in [1.54, 1.807) is 24.5 Å². The third kappa shape index (κ3) is 5.22. The lowest BCUT2D eigenvalue weighted by Crippen LogP contribution is -2.15. The van der Waals surface area contributed by atoms with E-state index in [4.69, 9.17) is 19.7 Å². The van der Waals surface area contributed by atoms with Crippen molar-refractivity contribution in [2.75, 3.05) is 42.9 Å². The number of benzene rings is 2. The number of ether oxygens (including phenoxy) is 1. The largest absolute Gasteiger partial charge is 0.424 e. The fraction of sp³-hybridized carbons (Fsp3) is 0.188. The summed E-state index contributed by atoms with van der Waals surface area (Å²) in [7, 11) is 8.14. The summed E-state index contributed by atoms with van der Waals surface area (Å²) in [6.45, 7) is 4.02. The fourth-order valence-electron chi connectivity index (χ4n) is 4.99. The first-order chi connectivity index (χ1) is 20.3. The van der Waals surface area contributed by atoms with Crippen LogP contribution in [0.15, 0.2) is 79.4 Å². The van der Waals surface area contributed by atoms with Gasteiger partial charge in [0.2, 0.25) is 5.95 Å². The van der Waals surface area contributed by atoms with Crippen molar-refractivity contribution in [3.05, 3.63) is 90.8 Å². The molecule has 2 aromatic carbocycles. The standard InChI is InChI=1S/C32H31N9O/c1-20-15-29(39(3)4)25-17-22(7-9-27(25)36-20)41(31-34-19-35-32(38-31)42-24-11-13-33-14-12-24)23-8-10-28-26(18-23)30(40(5)6)16-21(2)37-28/h7-19H,1-6H3. The van der Waals surface area contributed by atoms with Gasteiger partial charge in [-0.25, -0.2) is 4.98 Å². The van der Waals surface area contributed by atoms with Crippen molar-refractivity contribution >= 4 is 50.5 Å². The number of aromatic nitrogens is 6. The van der Waals surface area contributed by atoms with Crippen molar-refractivity contribution in [3.8, 4) is 11.8 Å². The Morgan fingerprint density at radius 2 is 1.17 bits per heavy atom. The van der Waals surface area contributed by atoms with E-state index in [9.17, 15) is 0 Å². The number of hydrogen-bond donors (Lipinski definition) is 0. The van der Waals surface area contributed by atoms with Gasteiger partial charge in [-0.1, -0.05) is 0 Å². The molecule has 0 unspecified atom stereocenters. The first-order valence-corrected chi connectivity index (χ1v) is 13.5. The summed E-state index contributed by atoms with van der Waals surface area (Å²) in [5.74, 6) is 0.991. The summed E-state index contributed by atoms with van der Waals surface area (Å²) in [6, 6.07) is 20.2. The Morgan fingerprint density at radius 1 is 0.619 bits per heavy atom. The van der Waals surface area contributed by atoms with Crippen LogP contribution in [-0.2, 0) is 0 Å². The van der Waals surface area contributed by atoms with Gasteiger partial charge >= 0.3 is 6.01 Å². The second-order valence-electron chi connectivity index (χ2n) is 10.4. The molecule has 10 heteroatoms. The van der Waals surface area contributed by atoms with Crippen molar-refractivity contribution in [1.82, 2.24) is 29.9 Å². The molecule has 0 bridgehead atoms. The van der Waals surface area contributed by atoms with Gasteiger partial charge in [0, 0.05) is 85.5 Å². The van der Waals surface area contributed by atoms with Gasteiger partial charge in [-0.05, 0) is 74.5 Å². The number of anilines is 5. The lowest BCUT2D eigenvalue weighted by molar-refractivity contribution is 0.439. The average Bonchev–Trinajstić information content (AvgIpc) is 2.97. The molecule has 0 atom stereocenters. The molecular weight excluding hydrogens is 526 g/mol. The quantitative estimate of drug-likeness (QED) is 0.220. The summed E-state index contributed by atoms with van der Waals surface area (Å²) in [6.07, 6.45) is 4.77. The van der Waals surface area contributed by atoms with Crippen molar-refractivity contribution in [1.29, 1.82) is 0 Å². The molecule has 6 aromatic rings. The predicted molar refractivity (Wildman–Crippen MR) is 168 cm³/mol. The van der Waals surface area contributed by atoms with E-state index in [2.05, 4.69) is 49.0 Å². The summed E-state index contributed by atoms with van der Waals surface area (Å²) in [5.41, 5.74) is 7.61. The lowest BCUT2D eigenvalue weighted by atomic mass is 10.1. The normalized spacial score (nSPS) is 11.1. The summed E-state index contributed by atoms with van der Waals surface area (Å²) in [4.78, 5) is 33.4. The van der Waals surface area contributed by atoms with Gasteiger partial charge in [-0.2, -0.15) is 9.97 Å². The third-order valence-corrected chi connectivity index (χ3v) is 6.87. The van der Waals surface area contributed by atoms with Crippen LogP contribution in [0, 0.1) is 13.8 Å². The molecular formula is C32H31N9O. The van der Waals surface area contributed by atoms with E-state index in [1.165, 1.54) is 6.33 Å². The van der Waals surface area contributed by atoms with Crippen molar-refractivity contribution < 1.29 is 4.74 Å². The van der Waals surface area contributed by atoms with E-state index in [-0.39, 0.29) is 6.01 Å². The average molecular weight is 558 g/mol. The summed E-state index contributed by atoms with van der Waals surface area (Å²) < 4.78 is 5.95. The second kappa shape index (κ2) is 10.9. The SMILES string of the molecule is Cc1cc(N(C)C)c2cc(N(c3ccc4nc(C)cc(N(C)C)c4c3)c3ncnc(Oc4ccncc4)n3)ccc2n1. The topological polar surface area (TPSA) is 96.3 Å².